The summed E-state index contributed by atoms with van der Waals surface area (Å²) in [6.07, 6.45) is 1.51. The Bertz CT molecular complexity index is 1330. The van der Waals surface area contributed by atoms with Crippen molar-refractivity contribution in [3.63, 3.8) is 0 Å². The molecule has 2 fully saturated rings. The topological polar surface area (TPSA) is 78.0 Å². The summed E-state index contributed by atoms with van der Waals surface area (Å²) in [5.41, 5.74) is 1.57. The second kappa shape index (κ2) is 9.19. The first-order valence-electron chi connectivity index (χ1n) is 11.6. The van der Waals surface area contributed by atoms with E-state index in [-0.39, 0.29) is 29.8 Å². The maximum atomic E-state index is 13.2. The Kier molecular flexibility index (Phi) is 6.10. The number of sulfonamides is 1. The number of nitrogens with zero attached hydrogens (tertiary/aromatic N) is 3. The molecule has 2 amide bonds. The van der Waals surface area contributed by atoms with Crippen LogP contribution in [0.3, 0.4) is 0 Å². The van der Waals surface area contributed by atoms with Crippen molar-refractivity contribution in [1.82, 2.24) is 14.1 Å². The molecule has 8 heteroatoms. The molecule has 0 aromatic heterocycles. The predicted octanol–water partition coefficient (Wildman–Crippen LogP) is 3.11. The average molecular weight is 478 g/mol. The van der Waals surface area contributed by atoms with E-state index < -0.39 is 10.0 Å². The van der Waals surface area contributed by atoms with Gasteiger partial charge in [0, 0.05) is 51.3 Å². The van der Waals surface area contributed by atoms with Crippen LogP contribution in [0.4, 0.5) is 0 Å². The van der Waals surface area contributed by atoms with E-state index in [0.29, 0.717) is 31.6 Å². The van der Waals surface area contributed by atoms with Gasteiger partial charge in [-0.15, -0.1) is 0 Å². The van der Waals surface area contributed by atoms with E-state index in [1.165, 1.54) is 4.31 Å². The molecule has 3 aromatic rings. The van der Waals surface area contributed by atoms with Gasteiger partial charge in [0.15, 0.2) is 0 Å². The minimum Gasteiger partial charge on any atom is -0.338 e. The molecule has 7 nitrogen and oxygen atoms in total. The standard InChI is InChI=1S/C26H27N3O4S/c30-25-6-3-13-28(25)19-20-7-9-22(10-8-20)26(31)27-14-16-29(17-15-27)34(32,33)24-12-11-21-4-1-2-5-23(21)18-24/h1-2,4-5,7-12,18H,3,6,13-17,19H2. The van der Waals surface area contributed by atoms with E-state index in [1.54, 1.807) is 29.2 Å². The lowest BCUT2D eigenvalue weighted by molar-refractivity contribution is -0.128. The molecule has 3 aromatic carbocycles. The molecule has 2 heterocycles. The van der Waals surface area contributed by atoms with E-state index in [9.17, 15) is 18.0 Å². The fourth-order valence-corrected chi connectivity index (χ4v) is 6.09. The van der Waals surface area contributed by atoms with Crippen LogP contribution in [-0.2, 0) is 21.4 Å². The van der Waals surface area contributed by atoms with Crippen LogP contribution in [0.25, 0.3) is 10.8 Å². The summed E-state index contributed by atoms with van der Waals surface area (Å²) in [5, 5.41) is 1.88. The minimum atomic E-state index is -3.63. The van der Waals surface area contributed by atoms with Crippen LogP contribution in [0, 0.1) is 0 Å². The third-order valence-corrected chi connectivity index (χ3v) is 8.52. The third-order valence-electron chi connectivity index (χ3n) is 6.63. The molecule has 2 aliphatic rings. The zero-order chi connectivity index (χ0) is 23.7. The fourth-order valence-electron chi connectivity index (χ4n) is 4.64. The number of likely N-dealkylation sites (tertiary alicyclic amines) is 1. The van der Waals surface area contributed by atoms with Crippen LogP contribution in [0.2, 0.25) is 0 Å². The second-order valence-electron chi connectivity index (χ2n) is 8.82. The molecule has 0 aliphatic carbocycles. The summed E-state index contributed by atoms with van der Waals surface area (Å²) in [5.74, 6) is 0.0724. The number of benzene rings is 3. The lowest BCUT2D eigenvalue weighted by atomic mass is 10.1. The van der Waals surface area contributed by atoms with Gasteiger partial charge >= 0.3 is 0 Å². The highest BCUT2D eigenvalue weighted by Crippen LogP contribution is 2.23. The summed E-state index contributed by atoms with van der Waals surface area (Å²) in [6, 6.07) is 20.2. The molecule has 0 atom stereocenters. The maximum Gasteiger partial charge on any atom is 0.253 e. The van der Waals surface area contributed by atoms with Crippen molar-refractivity contribution in [1.29, 1.82) is 0 Å². The first-order chi connectivity index (χ1) is 16.4. The van der Waals surface area contributed by atoms with Crippen molar-refractivity contribution in [3.8, 4) is 0 Å². The van der Waals surface area contributed by atoms with Gasteiger partial charge in [-0.3, -0.25) is 9.59 Å². The molecule has 0 spiro atoms. The second-order valence-corrected chi connectivity index (χ2v) is 10.8. The van der Waals surface area contributed by atoms with E-state index in [0.717, 1.165) is 29.3 Å². The highest BCUT2D eigenvalue weighted by Gasteiger charge is 2.30. The van der Waals surface area contributed by atoms with E-state index >= 15 is 0 Å². The zero-order valence-corrected chi connectivity index (χ0v) is 19.7. The van der Waals surface area contributed by atoms with Gasteiger partial charge in [0.1, 0.15) is 0 Å². The molecular weight excluding hydrogens is 450 g/mol. The van der Waals surface area contributed by atoms with Gasteiger partial charge in [-0.05, 0) is 47.0 Å². The molecule has 0 radical (unpaired) electrons. The highest BCUT2D eigenvalue weighted by molar-refractivity contribution is 7.89. The summed E-state index contributed by atoms with van der Waals surface area (Å²) in [7, 11) is -3.63. The Labute approximate surface area is 199 Å². The van der Waals surface area contributed by atoms with Gasteiger partial charge in [0.05, 0.1) is 4.90 Å². The molecule has 0 unspecified atom stereocenters. The van der Waals surface area contributed by atoms with Crippen LogP contribution in [0.1, 0.15) is 28.8 Å². The van der Waals surface area contributed by atoms with Crippen molar-refractivity contribution in [3.05, 3.63) is 77.9 Å². The Morgan fingerprint density at radius 2 is 1.53 bits per heavy atom. The van der Waals surface area contributed by atoms with Gasteiger partial charge < -0.3 is 9.80 Å². The fraction of sp³-hybridized carbons (Fsp3) is 0.308. The maximum absolute atomic E-state index is 13.2. The molecule has 176 valence electrons. The molecule has 0 saturated carbocycles. The quantitative estimate of drug-likeness (QED) is 0.566. The number of fused-ring (bicyclic) bond motifs is 1. The Morgan fingerprint density at radius 1 is 0.824 bits per heavy atom. The van der Waals surface area contributed by atoms with Crippen molar-refractivity contribution >= 4 is 32.6 Å². The van der Waals surface area contributed by atoms with Gasteiger partial charge in [-0.1, -0.05) is 42.5 Å². The third kappa shape index (κ3) is 4.43. The number of carbonyl (C=O) groups excluding carboxylic acids is 2. The van der Waals surface area contributed by atoms with E-state index in [2.05, 4.69) is 0 Å². The van der Waals surface area contributed by atoms with Crippen LogP contribution >= 0.6 is 0 Å². The molecule has 2 aliphatic heterocycles. The Balaban J connectivity index is 1.22. The number of amides is 2. The summed E-state index contributed by atoms with van der Waals surface area (Å²) in [6.45, 7) is 2.56. The predicted molar refractivity (Wildman–Crippen MR) is 130 cm³/mol. The van der Waals surface area contributed by atoms with Crippen LogP contribution in [0.5, 0.6) is 0 Å². The smallest absolute Gasteiger partial charge is 0.253 e. The average Bonchev–Trinajstić information content (AvgIpc) is 3.28. The molecule has 34 heavy (non-hydrogen) atoms. The van der Waals surface area contributed by atoms with Crippen molar-refractivity contribution in [2.24, 2.45) is 0 Å². The number of rotatable bonds is 5. The highest BCUT2D eigenvalue weighted by atomic mass is 32.2. The molecule has 0 bridgehead atoms. The van der Waals surface area contributed by atoms with Gasteiger partial charge in [0.25, 0.3) is 5.91 Å². The van der Waals surface area contributed by atoms with Crippen molar-refractivity contribution in [2.75, 3.05) is 32.7 Å². The molecular formula is C26H27N3O4S. The number of carbonyl (C=O) groups is 2. The van der Waals surface area contributed by atoms with Gasteiger partial charge in [0.2, 0.25) is 15.9 Å². The molecule has 2 saturated heterocycles. The minimum absolute atomic E-state index is 0.105. The zero-order valence-electron chi connectivity index (χ0n) is 18.9. The van der Waals surface area contributed by atoms with E-state index in [1.807, 2.05) is 47.4 Å². The van der Waals surface area contributed by atoms with Crippen LogP contribution < -0.4 is 0 Å². The van der Waals surface area contributed by atoms with Crippen molar-refractivity contribution in [2.45, 2.75) is 24.3 Å². The normalized spacial score (nSPS) is 17.5. The number of piperazine rings is 1. The van der Waals surface area contributed by atoms with Gasteiger partial charge in [-0.2, -0.15) is 4.31 Å². The van der Waals surface area contributed by atoms with Crippen LogP contribution in [0.15, 0.2) is 71.6 Å². The van der Waals surface area contributed by atoms with Gasteiger partial charge in [-0.25, -0.2) is 8.42 Å². The Hall–Kier alpha value is -3.23. The largest absolute Gasteiger partial charge is 0.338 e. The summed E-state index contributed by atoms with van der Waals surface area (Å²) >= 11 is 0. The first kappa shape index (κ1) is 22.6. The summed E-state index contributed by atoms with van der Waals surface area (Å²) in [4.78, 5) is 28.6. The van der Waals surface area contributed by atoms with E-state index in [4.69, 9.17) is 0 Å². The number of hydrogen-bond donors (Lipinski definition) is 0. The SMILES string of the molecule is O=C1CCCN1Cc1ccc(C(=O)N2CCN(S(=O)(=O)c3ccc4ccccc4c3)CC2)cc1. The molecule has 5 rings (SSSR count). The first-order valence-corrected chi connectivity index (χ1v) is 13.0. The lowest BCUT2D eigenvalue weighted by Crippen LogP contribution is -2.50. The van der Waals surface area contributed by atoms with Crippen molar-refractivity contribution < 1.29 is 18.0 Å². The lowest BCUT2D eigenvalue weighted by Gasteiger charge is -2.34. The monoisotopic (exact) mass is 477 g/mol. The molecule has 0 N–H and O–H groups in total. The Morgan fingerprint density at radius 3 is 2.21 bits per heavy atom. The van der Waals surface area contributed by atoms with Crippen LogP contribution in [-0.4, -0.2) is 67.1 Å². The summed E-state index contributed by atoms with van der Waals surface area (Å²) < 4.78 is 27.8. The number of hydrogen-bond acceptors (Lipinski definition) is 4.